The molecule has 4 rings (SSSR count). The fourth-order valence-corrected chi connectivity index (χ4v) is 6.62. The molecule has 0 spiro atoms. The van der Waals surface area contributed by atoms with Crippen LogP contribution in [-0.4, -0.2) is 116 Å². The summed E-state index contributed by atoms with van der Waals surface area (Å²) in [5.74, 6) is -4.14. The minimum Gasteiger partial charge on any atom is -0.496 e. The fourth-order valence-electron chi connectivity index (χ4n) is 6.62. The lowest BCUT2D eigenvalue weighted by atomic mass is 9.92. The van der Waals surface area contributed by atoms with Crippen molar-refractivity contribution in [2.75, 3.05) is 75.2 Å². The molecule has 0 bridgehead atoms. The summed E-state index contributed by atoms with van der Waals surface area (Å²) in [5, 5.41) is 48.1. The lowest BCUT2D eigenvalue weighted by Crippen LogP contribution is -2.33. The number of rotatable bonds is 22. The van der Waals surface area contributed by atoms with Crippen LogP contribution in [0, 0.1) is 0 Å². The highest BCUT2D eigenvalue weighted by molar-refractivity contribution is 6.05. The van der Waals surface area contributed by atoms with Crippen molar-refractivity contribution in [3.63, 3.8) is 0 Å². The summed E-state index contributed by atoms with van der Waals surface area (Å²) >= 11 is 0. The van der Waals surface area contributed by atoms with Gasteiger partial charge in [-0.3, -0.25) is 24.0 Å². The molecule has 16 heteroatoms. The molecule has 1 aliphatic carbocycles. The van der Waals surface area contributed by atoms with Crippen LogP contribution in [0.2, 0.25) is 0 Å². The second-order valence-electron chi connectivity index (χ2n) is 13.4. The Morgan fingerprint density at radius 2 is 1.29 bits per heavy atom. The van der Waals surface area contributed by atoms with Crippen molar-refractivity contribution in [2.45, 2.75) is 45.4 Å². The number of carboxylic acids is 5. The lowest BCUT2D eigenvalue weighted by molar-refractivity contribution is -0.138. The Morgan fingerprint density at radius 3 is 1.82 bits per heavy atom. The topological polar surface area (TPSA) is 222 Å². The molecule has 16 nitrogen and oxygen atoms in total. The largest absolute Gasteiger partial charge is 0.496 e. The summed E-state index contributed by atoms with van der Waals surface area (Å²) in [5.41, 5.74) is 4.63. The van der Waals surface area contributed by atoms with E-state index in [0.29, 0.717) is 69.7 Å². The molecule has 1 heterocycles. The second-order valence-corrected chi connectivity index (χ2v) is 13.4. The van der Waals surface area contributed by atoms with Crippen LogP contribution >= 0.6 is 0 Å². The minimum absolute atomic E-state index is 0.0204. The first-order valence-electron chi connectivity index (χ1n) is 18.2. The predicted octanol–water partition coefficient (Wildman–Crippen LogP) is 4.45. The van der Waals surface area contributed by atoms with Gasteiger partial charge in [0.2, 0.25) is 5.36 Å². The third kappa shape index (κ3) is 10.9. The van der Waals surface area contributed by atoms with Crippen molar-refractivity contribution in [1.29, 1.82) is 0 Å². The summed E-state index contributed by atoms with van der Waals surface area (Å²) < 4.78 is 14.3. The van der Waals surface area contributed by atoms with Gasteiger partial charge in [-0.05, 0) is 37.6 Å². The molecule has 2 aromatic rings. The molecule has 0 aromatic heterocycles. The fraction of sp³-hybridized carbons (Fsp3) is 0.400. The van der Waals surface area contributed by atoms with Gasteiger partial charge in [0.1, 0.15) is 29.9 Å². The van der Waals surface area contributed by atoms with E-state index in [1.807, 2.05) is 50.2 Å². The molecular formula is C40H49N4O12+. The van der Waals surface area contributed by atoms with Crippen molar-refractivity contribution in [1.82, 2.24) is 4.58 Å². The lowest BCUT2D eigenvalue weighted by Gasteiger charge is -2.30. The Morgan fingerprint density at radius 1 is 0.679 bits per heavy atom. The average Bonchev–Trinajstić information content (AvgIpc) is 3.14. The van der Waals surface area contributed by atoms with Crippen molar-refractivity contribution < 1.29 is 58.7 Å². The van der Waals surface area contributed by atoms with E-state index < -0.39 is 29.8 Å². The predicted molar refractivity (Wildman–Crippen MR) is 210 cm³/mol. The monoisotopic (exact) mass is 777 g/mol. The Hall–Kier alpha value is -6.32. The van der Waals surface area contributed by atoms with Gasteiger partial charge < -0.3 is 49.4 Å². The van der Waals surface area contributed by atoms with Crippen LogP contribution < -0.4 is 29.4 Å². The third-order valence-corrected chi connectivity index (χ3v) is 9.39. The number of carboxylic acid groups (broad SMARTS) is 5. The van der Waals surface area contributed by atoms with Crippen molar-refractivity contribution >= 4 is 57.9 Å². The number of nitrogens with zero attached hydrogens (tertiary/aromatic N) is 4. The number of benzene rings is 3. The molecule has 56 heavy (non-hydrogen) atoms. The summed E-state index contributed by atoms with van der Waals surface area (Å²) in [6.07, 6.45) is -0.465. The van der Waals surface area contributed by atoms with Gasteiger partial charge in [-0.2, -0.15) is 0 Å². The highest BCUT2D eigenvalue weighted by atomic mass is 16.5. The van der Waals surface area contributed by atoms with Crippen molar-refractivity contribution in [2.24, 2.45) is 0 Å². The average molecular weight is 778 g/mol. The molecule has 0 atom stereocenters. The van der Waals surface area contributed by atoms with E-state index in [-0.39, 0.29) is 58.3 Å². The number of aliphatic carboxylic acids is 5. The van der Waals surface area contributed by atoms with Crippen LogP contribution in [0.3, 0.4) is 0 Å². The van der Waals surface area contributed by atoms with Gasteiger partial charge in [-0.1, -0.05) is 0 Å². The van der Waals surface area contributed by atoms with E-state index in [2.05, 4.69) is 4.90 Å². The molecule has 0 fully saturated rings. The van der Waals surface area contributed by atoms with Crippen LogP contribution in [-0.2, 0) is 24.0 Å². The van der Waals surface area contributed by atoms with Crippen LogP contribution in [0.25, 0.3) is 33.4 Å². The quantitative estimate of drug-likeness (QED) is 0.0550. The molecule has 5 N–H and O–H groups in total. The number of ether oxygens (including phenoxy) is 1. The first-order chi connectivity index (χ1) is 26.6. The summed E-state index contributed by atoms with van der Waals surface area (Å²) in [4.78, 5) is 63.1. The Labute approximate surface area is 323 Å². The highest BCUT2D eigenvalue weighted by Gasteiger charge is 2.25. The molecular weight excluding hydrogens is 728 g/mol. The van der Waals surface area contributed by atoms with Gasteiger partial charge in [-0.25, -0.2) is 4.58 Å². The number of carbonyl (C=O) groups is 5. The summed E-state index contributed by atoms with van der Waals surface area (Å²) in [7, 11) is 5.36. The first kappa shape index (κ1) is 42.4. The minimum atomic E-state index is -1.04. The van der Waals surface area contributed by atoms with Crippen LogP contribution in [0.15, 0.2) is 52.9 Å². The Balaban J connectivity index is 2.07. The molecule has 300 valence electrons. The molecule has 0 saturated heterocycles. The van der Waals surface area contributed by atoms with E-state index in [4.69, 9.17) is 9.15 Å². The highest BCUT2D eigenvalue weighted by Crippen LogP contribution is 2.47. The molecule has 0 saturated carbocycles. The maximum Gasteiger partial charge on any atom is 0.309 e. The van der Waals surface area contributed by atoms with Gasteiger partial charge in [0.05, 0.1) is 37.4 Å². The van der Waals surface area contributed by atoms with Gasteiger partial charge in [0.25, 0.3) is 0 Å². The molecule has 2 aromatic carbocycles. The second kappa shape index (κ2) is 19.3. The van der Waals surface area contributed by atoms with E-state index in [1.165, 1.54) is 0 Å². The first-order valence-corrected chi connectivity index (χ1v) is 18.2. The van der Waals surface area contributed by atoms with Crippen molar-refractivity contribution in [3.05, 3.63) is 53.9 Å². The van der Waals surface area contributed by atoms with Crippen LogP contribution in [0.4, 0.5) is 17.1 Å². The molecule has 0 amide bonds. The molecule has 2 aliphatic rings. The molecule has 1 aliphatic heterocycles. The van der Waals surface area contributed by atoms with Gasteiger partial charge in [-0.15, -0.1) is 0 Å². The SMILES string of the molecule is CCN(CCCC(=O)O)c1cc(OC)c(-c2c3ccc(=[N+](CCC(=O)O)CCC(=O)O)cc-3oc3cc(N(CCC(=O)O)CCC(=O)O)ccc23)cc1N(C)C. The smallest absolute Gasteiger partial charge is 0.309 e. The summed E-state index contributed by atoms with van der Waals surface area (Å²) in [6.45, 7) is 3.26. The zero-order chi connectivity index (χ0) is 41.1. The summed E-state index contributed by atoms with van der Waals surface area (Å²) in [6, 6.07) is 14.5. The molecule has 0 radical (unpaired) electrons. The maximum atomic E-state index is 11.5. The Bertz CT molecular complexity index is 2090. The zero-order valence-electron chi connectivity index (χ0n) is 32.0. The van der Waals surface area contributed by atoms with Gasteiger partial charge in [0, 0.05) is 92.7 Å². The third-order valence-electron chi connectivity index (χ3n) is 9.39. The van der Waals surface area contributed by atoms with Crippen LogP contribution in [0.1, 0.15) is 45.4 Å². The number of methoxy groups -OCH3 is 1. The standard InChI is InChI=1S/C40H48N4O12/c1-5-42(16-6-7-35(45)46)31-24-32(55-4)29(23-30(31)41(2)3)40-27-10-8-25(43(17-12-36(47)48)18-13-37(49)50)21-33(27)56-34-22-26(9-11-28(34)40)44(19-14-38(51)52)20-15-39(53)54/h8-11,21-24H,5-7,12-20H2,1-4H3,(H4-,45,46,47,48,49,50,51,52,53,54)/p+1. The zero-order valence-corrected chi connectivity index (χ0v) is 32.0. The molecule has 0 unspecified atom stereocenters. The van der Waals surface area contributed by atoms with E-state index in [1.54, 1.807) is 40.9 Å². The van der Waals surface area contributed by atoms with E-state index in [0.717, 1.165) is 11.4 Å². The van der Waals surface area contributed by atoms with E-state index >= 15 is 0 Å². The number of anilines is 3. The number of fused-ring (bicyclic) bond motifs is 2. The maximum absolute atomic E-state index is 11.5. The Kier molecular flexibility index (Phi) is 14.6. The van der Waals surface area contributed by atoms with Crippen molar-refractivity contribution in [3.8, 4) is 28.2 Å². The number of hydrogen-bond donors (Lipinski definition) is 5. The van der Waals surface area contributed by atoms with Crippen LogP contribution in [0.5, 0.6) is 5.75 Å². The van der Waals surface area contributed by atoms with Gasteiger partial charge >= 0.3 is 29.8 Å². The normalized spacial score (nSPS) is 11.0. The number of hydrogen-bond acceptors (Lipinski definition) is 10. The van der Waals surface area contributed by atoms with E-state index in [9.17, 15) is 49.5 Å². The van der Waals surface area contributed by atoms with Gasteiger partial charge in [0.15, 0.2) is 13.1 Å².